The van der Waals surface area contributed by atoms with Gasteiger partial charge in [0.05, 0.1) is 6.26 Å². The number of hydrogen-bond acceptors (Lipinski definition) is 3. The van der Waals surface area contributed by atoms with E-state index in [-0.39, 0.29) is 23.8 Å². The van der Waals surface area contributed by atoms with Crippen molar-refractivity contribution in [1.82, 2.24) is 9.62 Å². The van der Waals surface area contributed by atoms with Crippen LogP contribution in [0.25, 0.3) is 11.1 Å². The van der Waals surface area contributed by atoms with Gasteiger partial charge in [-0.1, -0.05) is 54.1 Å². The Balaban J connectivity index is 1.50. The van der Waals surface area contributed by atoms with Crippen molar-refractivity contribution in [2.24, 2.45) is 5.92 Å². The molecule has 2 aromatic carbocycles. The molecule has 1 aliphatic heterocycles. The summed E-state index contributed by atoms with van der Waals surface area (Å²) >= 11 is 6.54. The molecule has 3 unspecified atom stereocenters. The SMILES string of the molecule is CS(=O)(=O)NC1CCN(C(=O)C2CC2c2c(Cl)cccc2-c2ccccc2)C1. The van der Waals surface area contributed by atoms with Crippen LogP contribution in [0, 0.1) is 5.92 Å². The molecule has 0 spiro atoms. The first-order valence-corrected chi connectivity index (χ1v) is 11.7. The molecule has 0 radical (unpaired) electrons. The van der Waals surface area contributed by atoms with Crippen LogP contribution >= 0.6 is 11.6 Å². The van der Waals surface area contributed by atoms with Crippen molar-refractivity contribution in [2.45, 2.75) is 24.8 Å². The van der Waals surface area contributed by atoms with Crippen LogP contribution < -0.4 is 4.72 Å². The fourth-order valence-corrected chi connectivity index (χ4v) is 5.28. The number of nitrogens with zero attached hydrogens (tertiary/aromatic N) is 1. The van der Waals surface area contributed by atoms with Crippen LogP contribution in [0.4, 0.5) is 0 Å². The van der Waals surface area contributed by atoms with Gasteiger partial charge in [0.2, 0.25) is 15.9 Å². The Morgan fingerprint density at radius 1 is 1.14 bits per heavy atom. The minimum Gasteiger partial charge on any atom is -0.341 e. The van der Waals surface area contributed by atoms with Gasteiger partial charge >= 0.3 is 0 Å². The van der Waals surface area contributed by atoms with Crippen LogP contribution in [0.1, 0.15) is 24.3 Å². The number of carbonyl (C=O) groups excluding carboxylic acids is 1. The highest BCUT2D eigenvalue weighted by atomic mass is 35.5. The highest BCUT2D eigenvalue weighted by Gasteiger charge is 2.48. The first-order chi connectivity index (χ1) is 13.3. The predicted molar refractivity (Wildman–Crippen MR) is 111 cm³/mol. The highest BCUT2D eigenvalue weighted by Crippen LogP contribution is 2.53. The third kappa shape index (κ3) is 4.09. The predicted octanol–water partition coefficient (Wildman–Crippen LogP) is 3.26. The van der Waals surface area contributed by atoms with E-state index < -0.39 is 10.0 Å². The number of rotatable bonds is 5. The molecule has 1 aliphatic carbocycles. The Morgan fingerprint density at radius 3 is 2.61 bits per heavy atom. The zero-order chi connectivity index (χ0) is 19.9. The summed E-state index contributed by atoms with van der Waals surface area (Å²) < 4.78 is 25.5. The molecular formula is C21H23ClN2O3S. The van der Waals surface area contributed by atoms with E-state index in [2.05, 4.69) is 22.9 Å². The normalized spacial score (nSPS) is 24.4. The lowest BCUT2D eigenvalue weighted by atomic mass is 9.95. The average Bonchev–Trinajstić information content (AvgIpc) is 3.31. The van der Waals surface area contributed by atoms with E-state index in [0.717, 1.165) is 29.4 Å². The summed E-state index contributed by atoms with van der Waals surface area (Å²) in [6, 6.07) is 15.7. The van der Waals surface area contributed by atoms with Crippen molar-refractivity contribution in [2.75, 3.05) is 19.3 Å². The molecule has 1 saturated heterocycles. The number of carbonyl (C=O) groups is 1. The maximum atomic E-state index is 13.0. The van der Waals surface area contributed by atoms with Crippen molar-refractivity contribution in [3.63, 3.8) is 0 Å². The number of sulfonamides is 1. The monoisotopic (exact) mass is 418 g/mol. The second-order valence-corrected chi connectivity index (χ2v) is 9.86. The Labute approximate surface area is 170 Å². The van der Waals surface area contributed by atoms with Crippen LogP contribution in [0.15, 0.2) is 48.5 Å². The van der Waals surface area contributed by atoms with Gasteiger partial charge in [0.1, 0.15) is 0 Å². The Kier molecular flexibility index (Phi) is 5.21. The lowest BCUT2D eigenvalue weighted by Gasteiger charge is -2.18. The molecule has 2 aliphatic rings. The highest BCUT2D eigenvalue weighted by molar-refractivity contribution is 7.88. The quantitative estimate of drug-likeness (QED) is 0.810. The van der Waals surface area contributed by atoms with E-state index in [1.54, 1.807) is 4.90 Å². The lowest BCUT2D eigenvalue weighted by Crippen LogP contribution is -2.38. The smallest absolute Gasteiger partial charge is 0.226 e. The van der Waals surface area contributed by atoms with Gasteiger partial charge in [0.15, 0.2) is 0 Å². The van der Waals surface area contributed by atoms with Gasteiger partial charge < -0.3 is 4.90 Å². The van der Waals surface area contributed by atoms with E-state index in [4.69, 9.17) is 11.6 Å². The second-order valence-electron chi connectivity index (χ2n) is 7.68. The molecule has 3 atom stereocenters. The fourth-order valence-electron chi connectivity index (χ4n) is 4.16. The number of benzene rings is 2. The van der Waals surface area contributed by atoms with Gasteiger partial charge in [0.25, 0.3) is 0 Å². The zero-order valence-electron chi connectivity index (χ0n) is 15.6. The number of nitrogens with one attached hydrogen (secondary N) is 1. The van der Waals surface area contributed by atoms with Crippen LogP contribution in [-0.4, -0.2) is 44.6 Å². The molecule has 1 heterocycles. The Morgan fingerprint density at radius 2 is 1.89 bits per heavy atom. The van der Waals surface area contributed by atoms with Crippen molar-refractivity contribution >= 4 is 27.5 Å². The largest absolute Gasteiger partial charge is 0.341 e. The molecule has 1 saturated carbocycles. The summed E-state index contributed by atoms with van der Waals surface area (Å²) in [6.45, 7) is 1.02. The van der Waals surface area contributed by atoms with E-state index in [1.165, 1.54) is 0 Å². The maximum Gasteiger partial charge on any atom is 0.226 e. The molecule has 4 rings (SSSR count). The van der Waals surface area contributed by atoms with Crippen molar-refractivity contribution in [3.8, 4) is 11.1 Å². The molecule has 28 heavy (non-hydrogen) atoms. The van der Waals surface area contributed by atoms with E-state index in [0.29, 0.717) is 24.5 Å². The fraction of sp³-hybridized carbons (Fsp3) is 0.381. The van der Waals surface area contributed by atoms with Crippen molar-refractivity contribution < 1.29 is 13.2 Å². The molecule has 5 nitrogen and oxygen atoms in total. The number of likely N-dealkylation sites (tertiary alicyclic amines) is 1. The van der Waals surface area contributed by atoms with Crippen molar-refractivity contribution in [3.05, 3.63) is 59.1 Å². The van der Waals surface area contributed by atoms with E-state index in [9.17, 15) is 13.2 Å². The van der Waals surface area contributed by atoms with Gasteiger partial charge in [-0.05, 0) is 41.5 Å². The summed E-state index contributed by atoms with van der Waals surface area (Å²) in [5.41, 5.74) is 3.21. The number of halogens is 1. The first-order valence-electron chi connectivity index (χ1n) is 9.43. The van der Waals surface area contributed by atoms with Gasteiger partial charge in [-0.2, -0.15) is 0 Å². The van der Waals surface area contributed by atoms with Crippen LogP contribution in [0.2, 0.25) is 5.02 Å². The first kappa shape index (κ1) is 19.4. The third-order valence-electron chi connectivity index (χ3n) is 5.50. The second kappa shape index (κ2) is 7.50. The summed E-state index contributed by atoms with van der Waals surface area (Å²) in [6.07, 6.45) is 2.58. The summed E-state index contributed by atoms with van der Waals surface area (Å²) in [4.78, 5) is 14.8. The lowest BCUT2D eigenvalue weighted by molar-refractivity contribution is -0.131. The Bertz CT molecular complexity index is 994. The molecule has 1 amide bonds. The average molecular weight is 419 g/mol. The third-order valence-corrected chi connectivity index (χ3v) is 6.59. The molecule has 0 aromatic heterocycles. The van der Waals surface area contributed by atoms with Crippen molar-refractivity contribution in [1.29, 1.82) is 0 Å². The maximum absolute atomic E-state index is 13.0. The number of amides is 1. The molecule has 0 bridgehead atoms. The van der Waals surface area contributed by atoms with Gasteiger partial charge in [-0.25, -0.2) is 13.1 Å². The molecule has 2 fully saturated rings. The standard InChI is InChI=1S/C21H23ClN2O3S/c1-28(26,27)23-15-10-11-24(13-15)21(25)18-12-17(18)20-16(8-5-9-19(20)22)14-6-3-2-4-7-14/h2-9,15,17-18,23H,10-13H2,1H3. The van der Waals surface area contributed by atoms with Crippen LogP contribution in [-0.2, 0) is 14.8 Å². The summed E-state index contributed by atoms with van der Waals surface area (Å²) in [5, 5.41) is 0.694. The van der Waals surface area contributed by atoms with Gasteiger partial charge in [-0.15, -0.1) is 0 Å². The molecule has 148 valence electrons. The van der Waals surface area contributed by atoms with E-state index in [1.807, 2.05) is 30.3 Å². The minimum atomic E-state index is -3.26. The van der Waals surface area contributed by atoms with Crippen LogP contribution in [0.5, 0.6) is 0 Å². The van der Waals surface area contributed by atoms with E-state index >= 15 is 0 Å². The van der Waals surface area contributed by atoms with Gasteiger partial charge in [0, 0.05) is 30.1 Å². The summed E-state index contributed by atoms with van der Waals surface area (Å²) in [7, 11) is -3.26. The van der Waals surface area contributed by atoms with Crippen LogP contribution in [0.3, 0.4) is 0 Å². The summed E-state index contributed by atoms with van der Waals surface area (Å²) in [5.74, 6) is 0.124. The zero-order valence-corrected chi connectivity index (χ0v) is 17.2. The topological polar surface area (TPSA) is 66.5 Å². The molecular weight excluding hydrogens is 396 g/mol. The van der Waals surface area contributed by atoms with Gasteiger partial charge in [-0.3, -0.25) is 4.79 Å². The molecule has 1 N–H and O–H groups in total. The molecule has 2 aromatic rings. The Hall–Kier alpha value is -1.89. The molecule has 7 heteroatoms. The minimum absolute atomic E-state index is 0.0839. The number of hydrogen-bond donors (Lipinski definition) is 1.